The molecule has 2 rings (SSSR count). The first-order chi connectivity index (χ1) is 8.00. The zero-order chi connectivity index (χ0) is 12.6. The third kappa shape index (κ3) is 2.26. The second-order valence-corrected chi connectivity index (χ2v) is 5.03. The molecule has 0 bridgehead atoms. The SMILES string of the molecule is CN1CCC(Sc2nnc(C(F)F)n2C)C1=O. The molecular formula is C9H12F2N4OS. The minimum atomic E-state index is -2.65. The van der Waals surface area contributed by atoms with Gasteiger partial charge in [-0.05, 0) is 6.42 Å². The molecule has 1 fully saturated rings. The van der Waals surface area contributed by atoms with E-state index in [4.69, 9.17) is 0 Å². The van der Waals surface area contributed by atoms with Crippen LogP contribution in [0.4, 0.5) is 8.78 Å². The van der Waals surface area contributed by atoms with Crippen LogP contribution in [0.1, 0.15) is 18.7 Å². The van der Waals surface area contributed by atoms with E-state index >= 15 is 0 Å². The number of carbonyl (C=O) groups is 1. The number of hydrogen-bond acceptors (Lipinski definition) is 4. The van der Waals surface area contributed by atoms with Gasteiger partial charge in [0.15, 0.2) is 5.16 Å². The number of carbonyl (C=O) groups excluding carboxylic acids is 1. The van der Waals surface area contributed by atoms with Gasteiger partial charge in [-0.3, -0.25) is 4.79 Å². The highest BCUT2D eigenvalue weighted by Crippen LogP contribution is 2.30. The lowest BCUT2D eigenvalue weighted by Gasteiger charge is -2.09. The normalized spacial score (nSPS) is 20.6. The van der Waals surface area contributed by atoms with Gasteiger partial charge in [0.1, 0.15) is 0 Å². The minimum Gasteiger partial charge on any atom is -0.345 e. The highest BCUT2D eigenvalue weighted by atomic mass is 32.2. The van der Waals surface area contributed by atoms with Gasteiger partial charge in [0, 0.05) is 20.6 Å². The first-order valence-corrected chi connectivity index (χ1v) is 5.97. The summed E-state index contributed by atoms with van der Waals surface area (Å²) >= 11 is 1.19. The van der Waals surface area contributed by atoms with Gasteiger partial charge in [-0.15, -0.1) is 10.2 Å². The van der Waals surface area contributed by atoms with Crippen molar-refractivity contribution in [1.82, 2.24) is 19.7 Å². The van der Waals surface area contributed by atoms with E-state index in [9.17, 15) is 13.6 Å². The molecule has 1 aliphatic heterocycles. The molecule has 0 spiro atoms. The lowest BCUT2D eigenvalue weighted by molar-refractivity contribution is -0.126. The second kappa shape index (κ2) is 4.59. The van der Waals surface area contributed by atoms with Crippen LogP contribution < -0.4 is 0 Å². The van der Waals surface area contributed by atoms with E-state index in [1.165, 1.54) is 23.4 Å². The van der Waals surface area contributed by atoms with Crippen LogP contribution in [0.2, 0.25) is 0 Å². The zero-order valence-electron chi connectivity index (χ0n) is 9.43. The Balaban J connectivity index is 2.12. The fourth-order valence-corrected chi connectivity index (χ4v) is 2.74. The summed E-state index contributed by atoms with van der Waals surface area (Å²) in [4.78, 5) is 13.3. The Morgan fingerprint density at radius 3 is 2.59 bits per heavy atom. The fraction of sp³-hybridized carbons (Fsp3) is 0.667. The van der Waals surface area contributed by atoms with Crippen molar-refractivity contribution in [3.05, 3.63) is 5.82 Å². The molecule has 1 atom stereocenters. The van der Waals surface area contributed by atoms with Crippen molar-refractivity contribution in [1.29, 1.82) is 0 Å². The number of amides is 1. The summed E-state index contributed by atoms with van der Waals surface area (Å²) in [5.74, 6) is -0.358. The smallest absolute Gasteiger partial charge is 0.297 e. The maximum absolute atomic E-state index is 12.5. The molecule has 1 saturated heterocycles. The largest absolute Gasteiger partial charge is 0.345 e. The molecule has 5 nitrogen and oxygen atoms in total. The number of rotatable bonds is 3. The van der Waals surface area contributed by atoms with Gasteiger partial charge >= 0.3 is 0 Å². The van der Waals surface area contributed by atoms with Crippen molar-refractivity contribution in [2.45, 2.75) is 23.3 Å². The molecule has 1 unspecified atom stereocenters. The monoisotopic (exact) mass is 262 g/mol. The van der Waals surface area contributed by atoms with E-state index in [1.807, 2.05) is 0 Å². The van der Waals surface area contributed by atoms with E-state index < -0.39 is 6.43 Å². The Hall–Kier alpha value is -1.18. The standard InChI is InChI=1S/C9H12F2N4OS/c1-14-4-3-5(8(14)16)17-9-13-12-7(6(10)11)15(9)2/h5-6H,3-4H2,1-2H3. The first kappa shape index (κ1) is 12.3. The minimum absolute atomic E-state index is 0.0107. The third-order valence-corrected chi connectivity index (χ3v) is 3.98. The van der Waals surface area contributed by atoms with Gasteiger partial charge in [-0.2, -0.15) is 0 Å². The van der Waals surface area contributed by atoms with Crippen molar-refractivity contribution < 1.29 is 13.6 Å². The average Bonchev–Trinajstić information content (AvgIpc) is 2.77. The molecule has 0 saturated carbocycles. The second-order valence-electron chi connectivity index (χ2n) is 3.86. The van der Waals surface area contributed by atoms with Crippen LogP contribution in [0.25, 0.3) is 0 Å². The Labute approximate surface area is 101 Å². The van der Waals surface area contributed by atoms with Crippen LogP contribution in [0.15, 0.2) is 5.16 Å². The van der Waals surface area contributed by atoms with Crippen LogP contribution in [0, 0.1) is 0 Å². The third-order valence-electron chi connectivity index (χ3n) is 2.69. The molecule has 0 N–H and O–H groups in total. The molecule has 0 aliphatic carbocycles. The first-order valence-electron chi connectivity index (χ1n) is 5.09. The highest BCUT2D eigenvalue weighted by molar-refractivity contribution is 8.00. The number of alkyl halides is 2. The lowest BCUT2D eigenvalue weighted by Crippen LogP contribution is -2.24. The number of nitrogens with zero attached hydrogens (tertiary/aromatic N) is 4. The van der Waals surface area contributed by atoms with E-state index in [1.54, 1.807) is 11.9 Å². The topological polar surface area (TPSA) is 51.0 Å². The summed E-state index contributed by atoms with van der Waals surface area (Å²) in [6.45, 7) is 0.691. The van der Waals surface area contributed by atoms with E-state index in [-0.39, 0.29) is 17.0 Å². The molecule has 1 aliphatic rings. The number of halogens is 2. The van der Waals surface area contributed by atoms with Crippen LogP contribution in [-0.4, -0.2) is 44.4 Å². The van der Waals surface area contributed by atoms with Gasteiger partial charge in [-0.1, -0.05) is 11.8 Å². The predicted molar refractivity (Wildman–Crippen MR) is 57.9 cm³/mol. The molecule has 17 heavy (non-hydrogen) atoms. The van der Waals surface area contributed by atoms with Gasteiger partial charge in [0.2, 0.25) is 11.7 Å². The molecule has 94 valence electrons. The Bertz CT molecular complexity index is 437. The summed E-state index contributed by atoms with van der Waals surface area (Å²) in [6, 6.07) is 0. The Morgan fingerprint density at radius 2 is 2.12 bits per heavy atom. The van der Waals surface area contributed by atoms with E-state index in [0.717, 1.165) is 0 Å². The quantitative estimate of drug-likeness (QED) is 0.817. The van der Waals surface area contributed by atoms with Gasteiger partial charge in [0.25, 0.3) is 6.43 Å². The summed E-state index contributed by atoms with van der Waals surface area (Å²) < 4.78 is 26.2. The summed E-state index contributed by atoms with van der Waals surface area (Å²) in [5.41, 5.74) is 0. The van der Waals surface area contributed by atoms with Crippen molar-refractivity contribution >= 4 is 17.7 Å². The number of aromatic nitrogens is 3. The average molecular weight is 262 g/mol. The zero-order valence-corrected chi connectivity index (χ0v) is 10.2. The lowest BCUT2D eigenvalue weighted by atomic mass is 10.4. The van der Waals surface area contributed by atoms with Gasteiger partial charge in [0.05, 0.1) is 5.25 Å². The summed E-state index contributed by atoms with van der Waals surface area (Å²) in [5, 5.41) is 7.22. The summed E-state index contributed by atoms with van der Waals surface area (Å²) in [6.07, 6.45) is -1.94. The molecule has 8 heteroatoms. The van der Waals surface area contributed by atoms with Crippen molar-refractivity contribution in [2.75, 3.05) is 13.6 Å². The van der Waals surface area contributed by atoms with E-state index in [2.05, 4.69) is 10.2 Å². The van der Waals surface area contributed by atoms with Crippen LogP contribution in [0.5, 0.6) is 0 Å². The summed E-state index contributed by atoms with van der Waals surface area (Å²) in [7, 11) is 3.21. The van der Waals surface area contributed by atoms with Crippen LogP contribution in [-0.2, 0) is 11.8 Å². The maximum Gasteiger partial charge on any atom is 0.297 e. The number of likely N-dealkylation sites (tertiary alicyclic amines) is 1. The van der Waals surface area contributed by atoms with Crippen LogP contribution >= 0.6 is 11.8 Å². The Kier molecular flexibility index (Phi) is 3.32. The van der Waals surface area contributed by atoms with Crippen molar-refractivity contribution in [3.63, 3.8) is 0 Å². The predicted octanol–water partition coefficient (Wildman–Crippen LogP) is 1.08. The van der Waals surface area contributed by atoms with Crippen molar-refractivity contribution in [3.8, 4) is 0 Å². The molecule has 2 heterocycles. The molecular weight excluding hydrogens is 250 g/mol. The van der Waals surface area contributed by atoms with Gasteiger partial charge in [-0.25, -0.2) is 8.78 Å². The number of hydrogen-bond donors (Lipinski definition) is 0. The van der Waals surface area contributed by atoms with E-state index in [0.29, 0.717) is 18.1 Å². The molecule has 1 aromatic rings. The maximum atomic E-state index is 12.5. The fourth-order valence-electron chi connectivity index (χ4n) is 1.65. The molecule has 1 aromatic heterocycles. The Morgan fingerprint density at radius 1 is 1.41 bits per heavy atom. The van der Waals surface area contributed by atoms with Crippen LogP contribution in [0.3, 0.4) is 0 Å². The van der Waals surface area contributed by atoms with Gasteiger partial charge < -0.3 is 9.47 Å². The van der Waals surface area contributed by atoms with Crippen molar-refractivity contribution in [2.24, 2.45) is 7.05 Å². The highest BCUT2D eigenvalue weighted by Gasteiger charge is 2.31. The molecule has 0 aromatic carbocycles. The molecule has 1 amide bonds. The number of thioether (sulfide) groups is 1. The molecule has 0 radical (unpaired) electrons.